The number of rotatable bonds is 3. The van der Waals surface area contributed by atoms with Crippen LogP contribution in [0.2, 0.25) is 0 Å². The summed E-state index contributed by atoms with van der Waals surface area (Å²) in [5.41, 5.74) is 6.11. The van der Waals surface area contributed by atoms with Crippen molar-refractivity contribution in [3.63, 3.8) is 0 Å². The zero-order valence-electron chi connectivity index (χ0n) is 12.0. The summed E-state index contributed by atoms with van der Waals surface area (Å²) in [5.74, 6) is 0.115. The van der Waals surface area contributed by atoms with Crippen molar-refractivity contribution in [2.75, 3.05) is 39.8 Å². The van der Waals surface area contributed by atoms with Crippen LogP contribution in [-0.4, -0.2) is 67.7 Å². The van der Waals surface area contributed by atoms with Gasteiger partial charge in [-0.05, 0) is 19.9 Å². The van der Waals surface area contributed by atoms with Crippen LogP contribution in [0.3, 0.4) is 0 Å². The second-order valence-electron chi connectivity index (χ2n) is 5.84. The molecular formula is C14H27N3O2. The van der Waals surface area contributed by atoms with Crippen LogP contribution in [0.1, 0.15) is 32.1 Å². The minimum Gasteiger partial charge on any atom is -0.367 e. The quantitative estimate of drug-likeness (QED) is 0.755. The number of likely N-dealkylation sites (N-methyl/N-ethyl adjacent to an activating group) is 1. The maximum Gasteiger partial charge on any atom is 0.248 e. The standard InChI is InChI=1S/C14H27N3O2/c1-16-7-9-17(10-8-16)14(18)11-19-13-6-4-2-3-5-12(13)15/h12-13H,2-11,15H2,1H3. The van der Waals surface area contributed by atoms with E-state index in [9.17, 15) is 4.79 Å². The van der Waals surface area contributed by atoms with E-state index >= 15 is 0 Å². The van der Waals surface area contributed by atoms with Gasteiger partial charge in [0.2, 0.25) is 5.91 Å². The van der Waals surface area contributed by atoms with E-state index in [1.807, 2.05) is 4.90 Å². The van der Waals surface area contributed by atoms with Crippen LogP contribution in [0, 0.1) is 0 Å². The number of ether oxygens (including phenoxy) is 1. The van der Waals surface area contributed by atoms with Crippen LogP contribution >= 0.6 is 0 Å². The average Bonchev–Trinajstić information content (AvgIpc) is 2.61. The van der Waals surface area contributed by atoms with Crippen LogP contribution in [0.15, 0.2) is 0 Å². The van der Waals surface area contributed by atoms with E-state index in [2.05, 4.69) is 11.9 Å². The Bertz CT molecular complexity index is 290. The minimum absolute atomic E-state index is 0.0684. The summed E-state index contributed by atoms with van der Waals surface area (Å²) in [5, 5.41) is 0. The summed E-state index contributed by atoms with van der Waals surface area (Å²) < 4.78 is 5.79. The number of hydrogen-bond donors (Lipinski definition) is 1. The summed E-state index contributed by atoms with van der Waals surface area (Å²) >= 11 is 0. The van der Waals surface area contributed by atoms with Gasteiger partial charge in [0.25, 0.3) is 0 Å². The van der Waals surface area contributed by atoms with Crippen LogP contribution in [0.4, 0.5) is 0 Å². The molecule has 2 atom stereocenters. The van der Waals surface area contributed by atoms with Gasteiger partial charge in [-0.2, -0.15) is 0 Å². The van der Waals surface area contributed by atoms with Crippen LogP contribution in [-0.2, 0) is 9.53 Å². The van der Waals surface area contributed by atoms with E-state index in [1.165, 1.54) is 19.3 Å². The summed E-state index contributed by atoms with van der Waals surface area (Å²) in [4.78, 5) is 16.2. The molecule has 2 aliphatic rings. The van der Waals surface area contributed by atoms with Gasteiger partial charge in [0.05, 0.1) is 6.10 Å². The maximum atomic E-state index is 12.1. The molecule has 110 valence electrons. The Kier molecular flexibility index (Phi) is 5.60. The first-order chi connectivity index (χ1) is 9.16. The smallest absolute Gasteiger partial charge is 0.248 e. The molecule has 1 amide bonds. The van der Waals surface area contributed by atoms with E-state index in [1.54, 1.807) is 0 Å². The lowest BCUT2D eigenvalue weighted by molar-refractivity contribution is -0.140. The average molecular weight is 269 g/mol. The zero-order chi connectivity index (χ0) is 13.7. The number of hydrogen-bond acceptors (Lipinski definition) is 4. The second-order valence-corrected chi connectivity index (χ2v) is 5.84. The molecule has 2 fully saturated rings. The number of nitrogens with zero attached hydrogens (tertiary/aromatic N) is 2. The van der Waals surface area contributed by atoms with Crippen molar-refractivity contribution in [2.24, 2.45) is 5.73 Å². The SMILES string of the molecule is CN1CCN(C(=O)COC2CCCCCC2N)CC1. The van der Waals surface area contributed by atoms with Gasteiger partial charge in [-0.3, -0.25) is 4.79 Å². The first kappa shape index (κ1) is 14.8. The van der Waals surface area contributed by atoms with Gasteiger partial charge in [0.1, 0.15) is 6.61 Å². The highest BCUT2D eigenvalue weighted by Gasteiger charge is 2.24. The Morgan fingerprint density at radius 3 is 2.58 bits per heavy atom. The highest BCUT2D eigenvalue weighted by Crippen LogP contribution is 2.19. The molecule has 2 rings (SSSR count). The normalized spacial score (nSPS) is 30.1. The molecule has 0 aromatic carbocycles. The molecule has 0 spiro atoms. The first-order valence-corrected chi connectivity index (χ1v) is 7.50. The molecule has 1 aliphatic carbocycles. The maximum absolute atomic E-state index is 12.1. The summed E-state index contributed by atoms with van der Waals surface area (Å²) in [7, 11) is 2.09. The number of piperazine rings is 1. The number of nitrogens with two attached hydrogens (primary N) is 1. The molecule has 0 aromatic heterocycles. The van der Waals surface area contributed by atoms with Crippen molar-refractivity contribution in [2.45, 2.75) is 44.2 Å². The van der Waals surface area contributed by atoms with Gasteiger partial charge in [-0.15, -0.1) is 0 Å². The monoisotopic (exact) mass is 269 g/mol. The van der Waals surface area contributed by atoms with Crippen LogP contribution in [0.5, 0.6) is 0 Å². The van der Waals surface area contributed by atoms with E-state index in [4.69, 9.17) is 10.5 Å². The largest absolute Gasteiger partial charge is 0.367 e. The Morgan fingerprint density at radius 2 is 1.84 bits per heavy atom. The summed E-state index contributed by atoms with van der Waals surface area (Å²) in [6.07, 6.45) is 5.68. The Hall–Kier alpha value is -0.650. The predicted octanol–water partition coefficient (Wildman–Crippen LogP) is 0.437. The van der Waals surface area contributed by atoms with Gasteiger partial charge in [-0.1, -0.05) is 19.3 Å². The van der Waals surface area contributed by atoms with E-state index in [0.717, 1.165) is 39.0 Å². The molecule has 19 heavy (non-hydrogen) atoms. The number of amides is 1. The van der Waals surface area contributed by atoms with E-state index in [-0.39, 0.29) is 24.7 Å². The number of carbonyl (C=O) groups is 1. The topological polar surface area (TPSA) is 58.8 Å². The lowest BCUT2D eigenvalue weighted by Gasteiger charge is -2.33. The molecular weight excluding hydrogens is 242 g/mol. The highest BCUT2D eigenvalue weighted by molar-refractivity contribution is 5.77. The van der Waals surface area contributed by atoms with Gasteiger partial charge in [0.15, 0.2) is 0 Å². The Morgan fingerprint density at radius 1 is 1.16 bits per heavy atom. The number of carbonyl (C=O) groups excluding carboxylic acids is 1. The van der Waals surface area contributed by atoms with Gasteiger partial charge >= 0.3 is 0 Å². The third-order valence-electron chi connectivity index (χ3n) is 4.28. The molecule has 5 heteroatoms. The van der Waals surface area contributed by atoms with Crippen LogP contribution < -0.4 is 5.73 Å². The van der Waals surface area contributed by atoms with Crippen molar-refractivity contribution < 1.29 is 9.53 Å². The van der Waals surface area contributed by atoms with Crippen molar-refractivity contribution in [1.82, 2.24) is 9.80 Å². The molecule has 2 N–H and O–H groups in total. The van der Waals surface area contributed by atoms with Crippen molar-refractivity contribution >= 4 is 5.91 Å². The fourth-order valence-corrected chi connectivity index (χ4v) is 2.83. The summed E-state index contributed by atoms with van der Waals surface area (Å²) in [6.45, 7) is 3.73. The van der Waals surface area contributed by atoms with Gasteiger partial charge in [-0.25, -0.2) is 0 Å². The zero-order valence-corrected chi connectivity index (χ0v) is 12.0. The fourth-order valence-electron chi connectivity index (χ4n) is 2.83. The lowest BCUT2D eigenvalue weighted by atomic mass is 10.1. The predicted molar refractivity (Wildman–Crippen MR) is 74.9 cm³/mol. The second kappa shape index (κ2) is 7.22. The third-order valence-corrected chi connectivity index (χ3v) is 4.28. The highest BCUT2D eigenvalue weighted by atomic mass is 16.5. The molecule has 1 heterocycles. The summed E-state index contributed by atoms with van der Waals surface area (Å²) in [6, 6.07) is 0.0998. The molecule has 1 saturated carbocycles. The van der Waals surface area contributed by atoms with Gasteiger partial charge in [0, 0.05) is 32.2 Å². The third kappa shape index (κ3) is 4.44. The molecule has 2 unspecified atom stereocenters. The molecule has 5 nitrogen and oxygen atoms in total. The fraction of sp³-hybridized carbons (Fsp3) is 0.929. The van der Waals surface area contributed by atoms with E-state index in [0.29, 0.717) is 0 Å². The molecule has 0 aromatic rings. The Labute approximate surface area is 116 Å². The molecule has 0 bridgehead atoms. The minimum atomic E-state index is 0.0684. The first-order valence-electron chi connectivity index (χ1n) is 7.50. The molecule has 1 saturated heterocycles. The van der Waals surface area contributed by atoms with Crippen molar-refractivity contribution in [3.8, 4) is 0 Å². The van der Waals surface area contributed by atoms with Crippen molar-refractivity contribution in [1.29, 1.82) is 0 Å². The Balaban J connectivity index is 1.73. The lowest BCUT2D eigenvalue weighted by Crippen LogP contribution is -2.49. The van der Waals surface area contributed by atoms with Crippen molar-refractivity contribution in [3.05, 3.63) is 0 Å². The van der Waals surface area contributed by atoms with Crippen LogP contribution in [0.25, 0.3) is 0 Å². The molecule has 1 aliphatic heterocycles. The van der Waals surface area contributed by atoms with E-state index < -0.39 is 0 Å². The van der Waals surface area contributed by atoms with Gasteiger partial charge < -0.3 is 20.3 Å². The molecule has 0 radical (unpaired) electrons.